The van der Waals surface area contributed by atoms with Crippen LogP contribution in [0.3, 0.4) is 0 Å². The molecular weight excluding hydrogens is 264 g/mol. The van der Waals surface area contributed by atoms with Gasteiger partial charge in [-0.15, -0.1) is 0 Å². The van der Waals surface area contributed by atoms with Crippen LogP contribution in [0, 0.1) is 11.8 Å². The maximum absolute atomic E-state index is 12.8. The fourth-order valence-corrected chi connectivity index (χ4v) is 3.11. The van der Waals surface area contributed by atoms with Crippen molar-refractivity contribution in [1.29, 1.82) is 0 Å². The second-order valence-electron chi connectivity index (χ2n) is 6.04. The van der Waals surface area contributed by atoms with E-state index in [1.165, 1.54) is 0 Å². The predicted octanol–water partition coefficient (Wildman–Crippen LogP) is 2.61. The SMILES string of the molecule is CC[C@H]1CN(C(=O)c2ccccc2)[C@@H](C(C)C)N(C)C1=O. The van der Waals surface area contributed by atoms with Crippen LogP contribution in [0.4, 0.5) is 0 Å². The van der Waals surface area contributed by atoms with E-state index in [-0.39, 0.29) is 29.8 Å². The number of nitrogens with zero attached hydrogens (tertiary/aromatic N) is 2. The van der Waals surface area contributed by atoms with Crippen molar-refractivity contribution < 1.29 is 9.59 Å². The van der Waals surface area contributed by atoms with Gasteiger partial charge in [-0.25, -0.2) is 0 Å². The molecule has 4 heteroatoms. The third-order valence-corrected chi connectivity index (χ3v) is 4.20. The third-order valence-electron chi connectivity index (χ3n) is 4.20. The molecule has 1 saturated heterocycles. The van der Waals surface area contributed by atoms with Crippen molar-refractivity contribution in [3.63, 3.8) is 0 Å². The molecule has 0 N–H and O–H groups in total. The molecular formula is C17H24N2O2. The summed E-state index contributed by atoms with van der Waals surface area (Å²) in [6.45, 7) is 6.60. The third kappa shape index (κ3) is 2.94. The van der Waals surface area contributed by atoms with Gasteiger partial charge in [0, 0.05) is 19.2 Å². The van der Waals surface area contributed by atoms with Crippen LogP contribution in [-0.4, -0.2) is 41.4 Å². The van der Waals surface area contributed by atoms with E-state index in [1.54, 1.807) is 11.9 Å². The molecule has 1 aliphatic rings. The van der Waals surface area contributed by atoms with Gasteiger partial charge in [0.1, 0.15) is 6.17 Å². The summed E-state index contributed by atoms with van der Waals surface area (Å²) >= 11 is 0. The minimum Gasteiger partial charge on any atom is -0.325 e. The molecule has 1 aromatic rings. The van der Waals surface area contributed by atoms with Gasteiger partial charge in [-0.2, -0.15) is 0 Å². The molecule has 1 aliphatic heterocycles. The van der Waals surface area contributed by atoms with E-state index in [1.807, 2.05) is 56.0 Å². The number of carbonyl (C=O) groups is 2. The highest BCUT2D eigenvalue weighted by Gasteiger charge is 2.41. The van der Waals surface area contributed by atoms with E-state index < -0.39 is 0 Å². The van der Waals surface area contributed by atoms with Crippen LogP contribution in [0.2, 0.25) is 0 Å². The van der Waals surface area contributed by atoms with E-state index in [4.69, 9.17) is 0 Å². The number of amides is 2. The highest BCUT2D eigenvalue weighted by Crippen LogP contribution is 2.27. The van der Waals surface area contributed by atoms with Crippen molar-refractivity contribution in [1.82, 2.24) is 9.80 Å². The lowest BCUT2D eigenvalue weighted by Gasteiger charge is -2.47. The van der Waals surface area contributed by atoms with Crippen LogP contribution in [0.1, 0.15) is 37.6 Å². The van der Waals surface area contributed by atoms with Gasteiger partial charge in [0.15, 0.2) is 0 Å². The fraction of sp³-hybridized carbons (Fsp3) is 0.529. The lowest BCUT2D eigenvalue weighted by Crippen LogP contribution is -2.62. The fourth-order valence-electron chi connectivity index (χ4n) is 3.11. The molecule has 0 aliphatic carbocycles. The standard InChI is InChI=1S/C17H24N2O2/c1-5-13-11-19(15(12(2)3)18(4)16(13)20)17(21)14-9-7-6-8-10-14/h6-10,12-13,15H,5,11H2,1-4H3/t13-,15-/m0/s1. The lowest BCUT2D eigenvalue weighted by atomic mass is 9.95. The van der Waals surface area contributed by atoms with Crippen molar-refractivity contribution in [2.75, 3.05) is 13.6 Å². The molecule has 21 heavy (non-hydrogen) atoms. The van der Waals surface area contributed by atoms with E-state index in [0.717, 1.165) is 6.42 Å². The van der Waals surface area contributed by atoms with Gasteiger partial charge < -0.3 is 9.80 Å². The quantitative estimate of drug-likeness (QED) is 0.858. The van der Waals surface area contributed by atoms with Crippen molar-refractivity contribution in [3.05, 3.63) is 35.9 Å². The number of benzene rings is 1. The molecule has 0 unspecified atom stereocenters. The Balaban J connectivity index is 2.33. The number of hydrogen-bond acceptors (Lipinski definition) is 2. The molecule has 114 valence electrons. The summed E-state index contributed by atoms with van der Waals surface area (Å²) < 4.78 is 0. The summed E-state index contributed by atoms with van der Waals surface area (Å²) in [6.07, 6.45) is 0.583. The van der Waals surface area contributed by atoms with Gasteiger partial charge in [-0.1, -0.05) is 39.0 Å². The molecule has 2 atom stereocenters. The summed E-state index contributed by atoms with van der Waals surface area (Å²) in [5.74, 6) is 0.252. The number of hydrogen-bond donors (Lipinski definition) is 0. The molecule has 0 bridgehead atoms. The van der Waals surface area contributed by atoms with Gasteiger partial charge >= 0.3 is 0 Å². The first-order chi connectivity index (χ1) is 9.97. The van der Waals surface area contributed by atoms with Gasteiger partial charge in [0.2, 0.25) is 5.91 Å². The molecule has 1 aromatic carbocycles. The molecule has 1 heterocycles. The van der Waals surface area contributed by atoms with Crippen molar-refractivity contribution in [2.24, 2.45) is 11.8 Å². The topological polar surface area (TPSA) is 40.6 Å². The summed E-state index contributed by atoms with van der Waals surface area (Å²) in [5, 5.41) is 0. The van der Waals surface area contributed by atoms with E-state index in [9.17, 15) is 9.59 Å². The van der Waals surface area contributed by atoms with Crippen LogP contribution in [0.25, 0.3) is 0 Å². The smallest absolute Gasteiger partial charge is 0.255 e. The maximum Gasteiger partial charge on any atom is 0.255 e. The number of rotatable bonds is 3. The van der Waals surface area contributed by atoms with Crippen molar-refractivity contribution in [2.45, 2.75) is 33.4 Å². The molecule has 2 rings (SSSR count). The Hall–Kier alpha value is -1.84. The minimum atomic E-state index is -0.173. The highest BCUT2D eigenvalue weighted by molar-refractivity contribution is 5.95. The van der Waals surface area contributed by atoms with Crippen LogP contribution in [0.15, 0.2) is 30.3 Å². The Morgan fingerprint density at radius 2 is 1.90 bits per heavy atom. The average molecular weight is 288 g/mol. The zero-order chi connectivity index (χ0) is 15.6. The zero-order valence-corrected chi connectivity index (χ0v) is 13.2. The van der Waals surface area contributed by atoms with Crippen LogP contribution in [-0.2, 0) is 4.79 Å². The Morgan fingerprint density at radius 3 is 2.43 bits per heavy atom. The summed E-state index contributed by atoms with van der Waals surface area (Å²) in [7, 11) is 1.81. The van der Waals surface area contributed by atoms with Crippen LogP contribution < -0.4 is 0 Å². The van der Waals surface area contributed by atoms with E-state index in [2.05, 4.69) is 0 Å². The maximum atomic E-state index is 12.8. The Labute approximate surface area is 126 Å². The molecule has 2 amide bonds. The summed E-state index contributed by atoms with van der Waals surface area (Å²) in [5.41, 5.74) is 0.681. The van der Waals surface area contributed by atoms with E-state index >= 15 is 0 Å². The molecule has 0 aromatic heterocycles. The lowest BCUT2D eigenvalue weighted by molar-refractivity contribution is -0.148. The van der Waals surface area contributed by atoms with Gasteiger partial charge in [-0.05, 0) is 24.5 Å². The van der Waals surface area contributed by atoms with Crippen molar-refractivity contribution in [3.8, 4) is 0 Å². The minimum absolute atomic E-state index is 0.00657. The van der Waals surface area contributed by atoms with E-state index in [0.29, 0.717) is 12.1 Å². The van der Waals surface area contributed by atoms with Crippen LogP contribution >= 0.6 is 0 Å². The predicted molar refractivity (Wildman–Crippen MR) is 82.7 cm³/mol. The Kier molecular flexibility index (Phi) is 4.66. The largest absolute Gasteiger partial charge is 0.325 e. The summed E-state index contributed by atoms with van der Waals surface area (Å²) in [6, 6.07) is 9.30. The second-order valence-corrected chi connectivity index (χ2v) is 6.04. The first-order valence-electron chi connectivity index (χ1n) is 7.60. The second kappa shape index (κ2) is 6.29. The Morgan fingerprint density at radius 1 is 1.29 bits per heavy atom. The molecule has 1 fully saturated rings. The normalized spacial score (nSPS) is 22.8. The average Bonchev–Trinajstić information content (AvgIpc) is 2.49. The van der Waals surface area contributed by atoms with Crippen molar-refractivity contribution >= 4 is 11.8 Å². The zero-order valence-electron chi connectivity index (χ0n) is 13.2. The Bertz CT molecular complexity index is 513. The molecule has 0 saturated carbocycles. The summed E-state index contributed by atoms with van der Waals surface area (Å²) in [4.78, 5) is 28.8. The monoisotopic (exact) mass is 288 g/mol. The van der Waals surface area contributed by atoms with Gasteiger partial charge in [-0.3, -0.25) is 9.59 Å². The molecule has 0 spiro atoms. The highest BCUT2D eigenvalue weighted by atomic mass is 16.2. The van der Waals surface area contributed by atoms with Gasteiger partial charge in [0.25, 0.3) is 5.91 Å². The first-order valence-corrected chi connectivity index (χ1v) is 7.60. The number of carbonyl (C=O) groups excluding carboxylic acids is 2. The van der Waals surface area contributed by atoms with Crippen LogP contribution in [0.5, 0.6) is 0 Å². The molecule has 0 radical (unpaired) electrons. The molecule has 4 nitrogen and oxygen atoms in total. The first kappa shape index (κ1) is 15.5. The van der Waals surface area contributed by atoms with Gasteiger partial charge in [0.05, 0.1) is 5.92 Å².